The van der Waals surface area contributed by atoms with Gasteiger partial charge in [0.15, 0.2) is 0 Å². The predicted molar refractivity (Wildman–Crippen MR) is 100.0 cm³/mol. The molecule has 0 saturated heterocycles. The number of hydrogen-bond acceptors (Lipinski definition) is 5. The van der Waals surface area contributed by atoms with Crippen LogP contribution in [0.1, 0.15) is 31.7 Å². The minimum Gasteiger partial charge on any atom is -0.461 e. The number of thiophene rings is 1. The first kappa shape index (κ1) is 18.3. The maximum absolute atomic E-state index is 13.3. The lowest BCUT2D eigenvalue weighted by molar-refractivity contribution is -0.151. The summed E-state index contributed by atoms with van der Waals surface area (Å²) in [5.41, 5.74) is 1.15. The van der Waals surface area contributed by atoms with Crippen molar-refractivity contribution in [2.45, 2.75) is 39.8 Å². The summed E-state index contributed by atoms with van der Waals surface area (Å²) in [5, 5.41) is 0.436. The second-order valence-corrected chi connectivity index (χ2v) is 7.54. The summed E-state index contributed by atoms with van der Waals surface area (Å²) in [6.07, 6.45) is 1.11. The Kier molecular flexibility index (Phi) is 4.91. The van der Waals surface area contributed by atoms with Gasteiger partial charge in [-0.25, -0.2) is 14.2 Å². The van der Waals surface area contributed by atoms with E-state index in [-0.39, 0.29) is 17.5 Å². The number of halogens is 1. The molecule has 2 heterocycles. The van der Waals surface area contributed by atoms with Crippen molar-refractivity contribution in [3.05, 3.63) is 51.6 Å². The van der Waals surface area contributed by atoms with Crippen LogP contribution in [0.3, 0.4) is 0 Å². The van der Waals surface area contributed by atoms with Crippen LogP contribution in [-0.2, 0) is 9.53 Å². The molecule has 3 aromatic rings. The molecule has 0 saturated carbocycles. The van der Waals surface area contributed by atoms with Crippen LogP contribution < -0.4 is 5.56 Å². The van der Waals surface area contributed by atoms with E-state index in [1.165, 1.54) is 34.4 Å². The van der Waals surface area contributed by atoms with Crippen molar-refractivity contribution < 1.29 is 13.9 Å². The maximum atomic E-state index is 13.3. The zero-order valence-corrected chi connectivity index (χ0v) is 15.8. The molecule has 0 N–H and O–H groups in total. The molecule has 0 radical (unpaired) electrons. The number of hydrogen-bond donors (Lipinski definition) is 0. The SMILES string of the molecule is Cc1sc2ncn([C@@H](C)C(=O)OC(C)C)c(=O)c2c1-c1ccc(F)cc1. The summed E-state index contributed by atoms with van der Waals surface area (Å²) in [5.74, 6) is -0.829. The fourth-order valence-corrected chi connectivity index (χ4v) is 3.80. The zero-order chi connectivity index (χ0) is 19.0. The molecule has 0 aliphatic rings. The molecule has 136 valence electrons. The van der Waals surface area contributed by atoms with Crippen LogP contribution in [0.15, 0.2) is 35.4 Å². The van der Waals surface area contributed by atoms with E-state index in [2.05, 4.69) is 4.98 Å². The molecule has 3 rings (SSSR count). The summed E-state index contributed by atoms with van der Waals surface area (Å²) in [6.45, 7) is 7.01. The number of ether oxygens (including phenoxy) is 1. The number of carbonyl (C=O) groups is 1. The van der Waals surface area contributed by atoms with Gasteiger partial charge in [0.05, 0.1) is 17.8 Å². The van der Waals surface area contributed by atoms with E-state index in [9.17, 15) is 14.0 Å². The van der Waals surface area contributed by atoms with E-state index in [4.69, 9.17) is 4.74 Å². The second kappa shape index (κ2) is 6.99. The molecule has 0 aliphatic carbocycles. The van der Waals surface area contributed by atoms with Crippen LogP contribution in [0, 0.1) is 12.7 Å². The Labute approximate surface area is 154 Å². The number of fused-ring (bicyclic) bond motifs is 1. The highest BCUT2D eigenvalue weighted by Crippen LogP contribution is 2.35. The Morgan fingerprint density at radius 2 is 1.88 bits per heavy atom. The van der Waals surface area contributed by atoms with Gasteiger partial charge < -0.3 is 4.74 Å². The number of benzene rings is 1. The number of nitrogens with zero attached hydrogens (tertiary/aromatic N) is 2. The zero-order valence-electron chi connectivity index (χ0n) is 14.9. The van der Waals surface area contributed by atoms with Gasteiger partial charge in [0.2, 0.25) is 0 Å². The summed E-state index contributed by atoms with van der Waals surface area (Å²) < 4.78 is 19.7. The molecule has 0 fully saturated rings. The van der Waals surface area contributed by atoms with Crippen LogP contribution in [0.5, 0.6) is 0 Å². The van der Waals surface area contributed by atoms with Crippen molar-refractivity contribution in [3.63, 3.8) is 0 Å². The van der Waals surface area contributed by atoms with Crippen molar-refractivity contribution in [1.82, 2.24) is 9.55 Å². The van der Waals surface area contributed by atoms with E-state index >= 15 is 0 Å². The number of aromatic nitrogens is 2. The Morgan fingerprint density at radius 1 is 1.23 bits per heavy atom. The van der Waals surface area contributed by atoms with E-state index in [0.717, 1.165) is 16.0 Å². The standard InChI is InChI=1S/C19H19FN2O3S/c1-10(2)25-19(24)11(3)22-9-21-17-16(18(22)23)15(12(4)26-17)13-5-7-14(20)8-6-13/h5-11H,1-4H3/t11-/m0/s1. The summed E-state index contributed by atoms with van der Waals surface area (Å²) >= 11 is 1.40. The van der Waals surface area contributed by atoms with Gasteiger partial charge in [-0.1, -0.05) is 12.1 Å². The topological polar surface area (TPSA) is 61.2 Å². The fraction of sp³-hybridized carbons (Fsp3) is 0.316. The van der Waals surface area contributed by atoms with Crippen molar-refractivity contribution in [2.75, 3.05) is 0 Å². The van der Waals surface area contributed by atoms with E-state index in [1.807, 2.05) is 6.92 Å². The Balaban J connectivity index is 2.17. The molecule has 2 aromatic heterocycles. The van der Waals surface area contributed by atoms with Crippen LogP contribution in [-0.4, -0.2) is 21.6 Å². The first-order chi connectivity index (χ1) is 12.3. The average molecular weight is 374 g/mol. The monoisotopic (exact) mass is 374 g/mol. The third-order valence-corrected chi connectivity index (χ3v) is 5.07. The lowest BCUT2D eigenvalue weighted by atomic mass is 10.0. The van der Waals surface area contributed by atoms with E-state index in [1.54, 1.807) is 32.9 Å². The van der Waals surface area contributed by atoms with Gasteiger partial charge in [-0.15, -0.1) is 11.3 Å². The third-order valence-electron chi connectivity index (χ3n) is 4.06. The molecule has 0 spiro atoms. The maximum Gasteiger partial charge on any atom is 0.329 e. The van der Waals surface area contributed by atoms with Gasteiger partial charge in [-0.3, -0.25) is 9.36 Å². The molecule has 5 nitrogen and oxygen atoms in total. The highest BCUT2D eigenvalue weighted by atomic mass is 32.1. The quantitative estimate of drug-likeness (QED) is 0.646. The number of carbonyl (C=O) groups excluding carboxylic acids is 1. The predicted octanol–water partition coefficient (Wildman–Crippen LogP) is 4.09. The minimum absolute atomic E-state index is 0.268. The summed E-state index contributed by atoms with van der Waals surface area (Å²) in [6, 6.07) is 5.20. The molecule has 26 heavy (non-hydrogen) atoms. The largest absolute Gasteiger partial charge is 0.461 e. The molecular formula is C19H19FN2O3S. The Hall–Kier alpha value is -2.54. The molecule has 0 bridgehead atoms. The minimum atomic E-state index is -0.789. The van der Waals surface area contributed by atoms with Crippen molar-refractivity contribution in [1.29, 1.82) is 0 Å². The molecule has 0 aliphatic heterocycles. The van der Waals surface area contributed by atoms with Gasteiger partial charge in [-0.2, -0.15) is 0 Å². The van der Waals surface area contributed by atoms with Crippen molar-refractivity contribution >= 4 is 27.5 Å². The molecule has 7 heteroatoms. The molecule has 1 aromatic carbocycles. The Bertz CT molecular complexity index is 1020. The highest BCUT2D eigenvalue weighted by Gasteiger charge is 2.23. The lowest BCUT2D eigenvalue weighted by Crippen LogP contribution is -2.30. The van der Waals surface area contributed by atoms with Gasteiger partial charge in [0.25, 0.3) is 5.56 Å². The summed E-state index contributed by atoms with van der Waals surface area (Å²) in [4.78, 5) is 31.1. The van der Waals surface area contributed by atoms with Gasteiger partial charge in [0.1, 0.15) is 16.7 Å². The van der Waals surface area contributed by atoms with Crippen LogP contribution in [0.4, 0.5) is 4.39 Å². The first-order valence-electron chi connectivity index (χ1n) is 8.26. The van der Waals surface area contributed by atoms with Crippen LogP contribution in [0.25, 0.3) is 21.3 Å². The second-order valence-electron chi connectivity index (χ2n) is 6.34. The number of esters is 1. The van der Waals surface area contributed by atoms with Crippen LogP contribution in [0.2, 0.25) is 0 Å². The van der Waals surface area contributed by atoms with Crippen LogP contribution >= 0.6 is 11.3 Å². The van der Waals surface area contributed by atoms with Gasteiger partial charge >= 0.3 is 5.97 Å². The van der Waals surface area contributed by atoms with E-state index < -0.39 is 12.0 Å². The number of rotatable bonds is 4. The van der Waals surface area contributed by atoms with Gasteiger partial charge in [0, 0.05) is 10.4 Å². The van der Waals surface area contributed by atoms with Gasteiger partial charge in [-0.05, 0) is 45.4 Å². The fourth-order valence-electron chi connectivity index (χ4n) is 2.80. The number of aryl methyl sites for hydroxylation is 1. The van der Waals surface area contributed by atoms with Crippen molar-refractivity contribution in [3.8, 4) is 11.1 Å². The molecule has 0 amide bonds. The molecule has 0 unspecified atom stereocenters. The van der Waals surface area contributed by atoms with Crippen molar-refractivity contribution in [2.24, 2.45) is 0 Å². The third kappa shape index (κ3) is 3.26. The summed E-state index contributed by atoms with van der Waals surface area (Å²) in [7, 11) is 0. The molecule has 1 atom stereocenters. The average Bonchev–Trinajstić information content (AvgIpc) is 2.92. The smallest absolute Gasteiger partial charge is 0.329 e. The molecular weight excluding hydrogens is 355 g/mol. The first-order valence-corrected chi connectivity index (χ1v) is 9.08. The normalized spacial score (nSPS) is 12.5. The Morgan fingerprint density at radius 3 is 2.50 bits per heavy atom. The highest BCUT2D eigenvalue weighted by molar-refractivity contribution is 7.19. The lowest BCUT2D eigenvalue weighted by Gasteiger charge is -2.16. The van der Waals surface area contributed by atoms with E-state index in [0.29, 0.717) is 10.2 Å².